The van der Waals surface area contributed by atoms with E-state index in [0.717, 1.165) is 4.47 Å². The smallest absolute Gasteiger partial charge is 0.326 e. The van der Waals surface area contributed by atoms with Crippen LogP contribution in [-0.4, -0.2) is 29.5 Å². The van der Waals surface area contributed by atoms with Crippen molar-refractivity contribution in [2.24, 2.45) is 0 Å². The molecule has 4 nitrogen and oxygen atoms in total. The van der Waals surface area contributed by atoms with E-state index in [4.69, 9.17) is 5.11 Å². The Morgan fingerprint density at radius 2 is 1.81 bits per heavy atom. The molecule has 0 saturated heterocycles. The molecule has 1 atom stereocenters. The van der Waals surface area contributed by atoms with Crippen LogP contribution in [0.5, 0.6) is 0 Å². The lowest BCUT2D eigenvalue weighted by molar-refractivity contribution is -0.143. The van der Waals surface area contributed by atoms with Gasteiger partial charge in [0.15, 0.2) is 0 Å². The Morgan fingerprint density at radius 1 is 1.29 bits per heavy atom. The minimum Gasteiger partial charge on any atom is -0.480 e. The van der Waals surface area contributed by atoms with E-state index in [0.29, 0.717) is 5.56 Å². The standard InChI is InChI=1S/C14H16BrF2NO3/c1-14(2,8-3-5-9(15)6-4-8)13(21)18-10(12(19)20)7-11(16)17/h3-6,10-11H,7H2,1-2H3,(H,18,21)(H,19,20). The van der Waals surface area contributed by atoms with Gasteiger partial charge in [0.2, 0.25) is 12.3 Å². The highest BCUT2D eigenvalue weighted by atomic mass is 79.9. The van der Waals surface area contributed by atoms with Crippen molar-refractivity contribution in [3.8, 4) is 0 Å². The normalized spacial score (nSPS) is 13.0. The van der Waals surface area contributed by atoms with E-state index in [2.05, 4.69) is 21.2 Å². The minimum atomic E-state index is -2.80. The van der Waals surface area contributed by atoms with E-state index >= 15 is 0 Å². The van der Waals surface area contributed by atoms with E-state index < -0.39 is 36.2 Å². The molecular weight excluding hydrogens is 348 g/mol. The van der Waals surface area contributed by atoms with Gasteiger partial charge in [0.1, 0.15) is 6.04 Å². The maximum absolute atomic E-state index is 12.3. The number of nitrogens with one attached hydrogen (secondary N) is 1. The first-order valence-electron chi connectivity index (χ1n) is 6.22. The molecule has 1 aromatic carbocycles. The molecule has 0 radical (unpaired) electrons. The molecule has 0 heterocycles. The largest absolute Gasteiger partial charge is 0.480 e. The van der Waals surface area contributed by atoms with E-state index in [-0.39, 0.29) is 0 Å². The maximum Gasteiger partial charge on any atom is 0.326 e. The number of amides is 1. The zero-order chi connectivity index (χ0) is 16.2. The first-order valence-corrected chi connectivity index (χ1v) is 7.02. The summed E-state index contributed by atoms with van der Waals surface area (Å²) in [5.74, 6) is -2.09. The molecule has 0 aromatic heterocycles. The number of carboxylic acids is 1. The first-order chi connectivity index (χ1) is 9.64. The first kappa shape index (κ1) is 17.6. The van der Waals surface area contributed by atoms with Gasteiger partial charge in [0.05, 0.1) is 5.41 Å². The van der Waals surface area contributed by atoms with Crippen LogP contribution in [0.3, 0.4) is 0 Å². The average Bonchev–Trinajstić information content (AvgIpc) is 2.37. The van der Waals surface area contributed by atoms with Crippen molar-refractivity contribution in [1.29, 1.82) is 0 Å². The monoisotopic (exact) mass is 363 g/mol. The van der Waals surface area contributed by atoms with Gasteiger partial charge in [0, 0.05) is 10.9 Å². The number of alkyl halides is 2. The third-order valence-corrected chi connectivity index (χ3v) is 3.68. The molecule has 116 valence electrons. The highest BCUT2D eigenvalue weighted by molar-refractivity contribution is 9.10. The molecule has 0 aliphatic rings. The number of carbonyl (C=O) groups is 2. The van der Waals surface area contributed by atoms with E-state index in [1.165, 1.54) is 0 Å². The number of hydrogen-bond donors (Lipinski definition) is 2. The lowest BCUT2D eigenvalue weighted by atomic mass is 9.83. The zero-order valence-corrected chi connectivity index (χ0v) is 13.2. The molecule has 1 rings (SSSR count). The molecule has 0 bridgehead atoms. The maximum atomic E-state index is 12.3. The topological polar surface area (TPSA) is 66.4 Å². The summed E-state index contributed by atoms with van der Waals surface area (Å²) in [6.45, 7) is 3.21. The fraction of sp³-hybridized carbons (Fsp3) is 0.429. The van der Waals surface area contributed by atoms with Gasteiger partial charge in [-0.15, -0.1) is 0 Å². The third kappa shape index (κ3) is 4.77. The van der Waals surface area contributed by atoms with Crippen LogP contribution in [0.4, 0.5) is 8.78 Å². The fourth-order valence-electron chi connectivity index (χ4n) is 1.74. The predicted octanol–water partition coefficient (Wildman–Crippen LogP) is 2.95. The van der Waals surface area contributed by atoms with E-state index in [9.17, 15) is 18.4 Å². The van der Waals surface area contributed by atoms with Gasteiger partial charge in [-0.1, -0.05) is 28.1 Å². The molecule has 7 heteroatoms. The van der Waals surface area contributed by atoms with Crippen LogP contribution in [0.15, 0.2) is 28.7 Å². The van der Waals surface area contributed by atoms with Gasteiger partial charge in [-0.3, -0.25) is 4.79 Å². The van der Waals surface area contributed by atoms with Crippen molar-refractivity contribution in [2.75, 3.05) is 0 Å². The second-order valence-electron chi connectivity index (χ2n) is 5.12. The summed E-state index contributed by atoms with van der Waals surface area (Å²) in [4.78, 5) is 23.1. The lowest BCUT2D eigenvalue weighted by Crippen LogP contribution is -2.49. The van der Waals surface area contributed by atoms with Crippen molar-refractivity contribution < 1.29 is 23.5 Å². The van der Waals surface area contributed by atoms with Crippen LogP contribution in [0.1, 0.15) is 25.8 Å². The summed E-state index contributed by atoms with van der Waals surface area (Å²) in [6, 6.07) is 5.32. The number of aliphatic carboxylic acids is 1. The van der Waals surface area contributed by atoms with Gasteiger partial charge in [-0.25, -0.2) is 13.6 Å². The number of benzene rings is 1. The molecule has 1 amide bonds. The Bertz CT molecular complexity index is 517. The molecular formula is C14H16BrF2NO3. The van der Waals surface area contributed by atoms with Crippen molar-refractivity contribution in [2.45, 2.75) is 38.2 Å². The van der Waals surface area contributed by atoms with Crippen molar-refractivity contribution >= 4 is 27.8 Å². The molecule has 0 aliphatic heterocycles. The predicted molar refractivity (Wildman–Crippen MR) is 77.4 cm³/mol. The van der Waals surface area contributed by atoms with E-state index in [1.54, 1.807) is 38.1 Å². The van der Waals surface area contributed by atoms with E-state index in [1.807, 2.05) is 0 Å². The van der Waals surface area contributed by atoms with Crippen LogP contribution in [0, 0.1) is 0 Å². The SMILES string of the molecule is CC(C)(C(=O)NC(CC(F)F)C(=O)O)c1ccc(Br)cc1. The average molecular weight is 364 g/mol. The summed E-state index contributed by atoms with van der Waals surface area (Å²) < 4.78 is 25.5. The van der Waals surface area contributed by atoms with Gasteiger partial charge in [0.25, 0.3) is 0 Å². The summed E-state index contributed by atoms with van der Waals surface area (Å²) >= 11 is 3.27. The molecule has 1 aromatic rings. The van der Waals surface area contributed by atoms with Gasteiger partial charge >= 0.3 is 5.97 Å². The van der Waals surface area contributed by atoms with Crippen molar-refractivity contribution in [3.05, 3.63) is 34.3 Å². The number of carboxylic acid groups (broad SMARTS) is 1. The van der Waals surface area contributed by atoms with Gasteiger partial charge < -0.3 is 10.4 Å². The van der Waals surface area contributed by atoms with Gasteiger partial charge in [-0.05, 0) is 31.5 Å². The third-order valence-electron chi connectivity index (χ3n) is 3.15. The molecule has 0 fully saturated rings. The van der Waals surface area contributed by atoms with Crippen LogP contribution in [-0.2, 0) is 15.0 Å². The van der Waals surface area contributed by atoms with Crippen LogP contribution >= 0.6 is 15.9 Å². The number of carbonyl (C=O) groups excluding carboxylic acids is 1. The van der Waals surface area contributed by atoms with Crippen molar-refractivity contribution in [1.82, 2.24) is 5.32 Å². The Morgan fingerprint density at radius 3 is 2.24 bits per heavy atom. The van der Waals surface area contributed by atoms with Crippen LogP contribution < -0.4 is 5.32 Å². The second-order valence-corrected chi connectivity index (χ2v) is 6.04. The zero-order valence-electron chi connectivity index (χ0n) is 11.6. The molecule has 21 heavy (non-hydrogen) atoms. The minimum absolute atomic E-state index is 0.613. The number of rotatable bonds is 6. The molecule has 0 aliphatic carbocycles. The second kappa shape index (κ2) is 6.98. The molecule has 0 spiro atoms. The summed E-state index contributed by atoms with van der Waals surface area (Å²) in [6.07, 6.45) is -3.72. The lowest BCUT2D eigenvalue weighted by Gasteiger charge is -2.26. The Hall–Kier alpha value is -1.50. The molecule has 0 saturated carbocycles. The Balaban J connectivity index is 2.89. The fourth-order valence-corrected chi connectivity index (χ4v) is 2.00. The Labute approximate surface area is 129 Å². The quantitative estimate of drug-likeness (QED) is 0.816. The number of hydrogen-bond acceptors (Lipinski definition) is 2. The summed E-state index contributed by atoms with van der Waals surface area (Å²) in [5.41, 5.74) is -0.374. The molecule has 1 unspecified atom stereocenters. The summed E-state index contributed by atoms with van der Waals surface area (Å²) in [5, 5.41) is 11.1. The Kier molecular flexibility index (Phi) is 5.83. The van der Waals surface area contributed by atoms with Crippen LogP contribution in [0.2, 0.25) is 0 Å². The molecule has 2 N–H and O–H groups in total. The van der Waals surface area contributed by atoms with Crippen molar-refractivity contribution in [3.63, 3.8) is 0 Å². The summed E-state index contributed by atoms with van der Waals surface area (Å²) in [7, 11) is 0. The van der Waals surface area contributed by atoms with Gasteiger partial charge in [-0.2, -0.15) is 0 Å². The highest BCUT2D eigenvalue weighted by Crippen LogP contribution is 2.25. The number of halogens is 3. The van der Waals surface area contributed by atoms with Crippen LogP contribution in [0.25, 0.3) is 0 Å². The highest BCUT2D eigenvalue weighted by Gasteiger charge is 2.33.